The van der Waals surface area contributed by atoms with Gasteiger partial charge in [0.25, 0.3) is 5.91 Å². The Morgan fingerprint density at radius 2 is 1.67 bits per heavy atom. The highest BCUT2D eigenvalue weighted by atomic mass is 32.2. The van der Waals surface area contributed by atoms with Gasteiger partial charge in [0.15, 0.2) is 0 Å². The summed E-state index contributed by atoms with van der Waals surface area (Å²) in [6.45, 7) is 0. The maximum atomic E-state index is 11.9. The minimum atomic E-state index is -0.159. The molecule has 0 saturated carbocycles. The predicted octanol–water partition coefficient (Wildman–Crippen LogP) is 3.37. The molecule has 92 valence electrons. The monoisotopic (exact) mass is 259 g/mol. The second kappa shape index (κ2) is 5.60. The van der Waals surface area contributed by atoms with E-state index in [9.17, 15) is 4.79 Å². The minimum absolute atomic E-state index is 0.159. The number of hydrogen-bond donors (Lipinski definition) is 2. The average Bonchev–Trinajstić information content (AvgIpc) is 2.41. The smallest absolute Gasteiger partial charge is 0.255 e. The van der Waals surface area contributed by atoms with Crippen molar-refractivity contribution < 1.29 is 9.90 Å². The molecule has 2 aromatic carbocycles. The summed E-state index contributed by atoms with van der Waals surface area (Å²) in [7, 11) is 0. The molecular formula is C14H13NO2S. The lowest BCUT2D eigenvalue weighted by atomic mass is 10.2. The van der Waals surface area contributed by atoms with Crippen molar-refractivity contribution in [2.75, 3.05) is 11.6 Å². The van der Waals surface area contributed by atoms with Crippen molar-refractivity contribution >= 4 is 23.4 Å². The standard InChI is InChI=1S/C14H13NO2S/c1-18-13-8-2-10(3-9-13)14(17)15-11-4-6-12(16)7-5-11/h2-9,16H,1H3,(H,15,17). The highest BCUT2D eigenvalue weighted by Crippen LogP contribution is 2.17. The van der Waals surface area contributed by atoms with E-state index >= 15 is 0 Å². The number of benzene rings is 2. The number of rotatable bonds is 3. The number of anilines is 1. The van der Waals surface area contributed by atoms with E-state index in [2.05, 4.69) is 5.32 Å². The summed E-state index contributed by atoms with van der Waals surface area (Å²) in [4.78, 5) is 13.0. The van der Waals surface area contributed by atoms with Crippen LogP contribution in [0.3, 0.4) is 0 Å². The normalized spacial score (nSPS) is 10.1. The maximum Gasteiger partial charge on any atom is 0.255 e. The fourth-order valence-corrected chi connectivity index (χ4v) is 1.90. The van der Waals surface area contributed by atoms with Gasteiger partial charge >= 0.3 is 0 Å². The number of aromatic hydroxyl groups is 1. The van der Waals surface area contributed by atoms with Gasteiger partial charge in [-0.05, 0) is 54.8 Å². The van der Waals surface area contributed by atoms with Crippen molar-refractivity contribution in [3.8, 4) is 5.75 Å². The molecule has 0 aliphatic rings. The first-order chi connectivity index (χ1) is 8.69. The first kappa shape index (κ1) is 12.5. The van der Waals surface area contributed by atoms with Crippen LogP contribution in [0.15, 0.2) is 53.4 Å². The molecule has 0 bridgehead atoms. The highest BCUT2D eigenvalue weighted by Gasteiger charge is 2.05. The van der Waals surface area contributed by atoms with Crippen molar-refractivity contribution in [1.29, 1.82) is 0 Å². The fourth-order valence-electron chi connectivity index (χ4n) is 1.49. The lowest BCUT2D eigenvalue weighted by molar-refractivity contribution is 0.102. The van der Waals surface area contributed by atoms with Crippen LogP contribution in [0.25, 0.3) is 0 Å². The van der Waals surface area contributed by atoms with E-state index in [-0.39, 0.29) is 11.7 Å². The average molecular weight is 259 g/mol. The Bertz CT molecular complexity index is 535. The molecule has 0 aliphatic carbocycles. The lowest BCUT2D eigenvalue weighted by Crippen LogP contribution is -2.11. The fraction of sp³-hybridized carbons (Fsp3) is 0.0714. The number of phenolic OH excluding ortho intramolecular Hbond substituents is 1. The van der Waals surface area contributed by atoms with E-state index in [0.717, 1.165) is 4.90 Å². The molecule has 0 saturated heterocycles. The van der Waals surface area contributed by atoms with E-state index in [4.69, 9.17) is 5.11 Å². The van der Waals surface area contributed by atoms with E-state index in [1.165, 1.54) is 12.1 Å². The summed E-state index contributed by atoms with van der Waals surface area (Å²) < 4.78 is 0. The molecule has 1 amide bonds. The third kappa shape index (κ3) is 3.05. The molecule has 0 aromatic heterocycles. The molecule has 3 nitrogen and oxygen atoms in total. The Morgan fingerprint density at radius 1 is 1.06 bits per heavy atom. The molecular weight excluding hydrogens is 246 g/mol. The van der Waals surface area contributed by atoms with E-state index in [0.29, 0.717) is 11.3 Å². The molecule has 0 atom stereocenters. The first-order valence-electron chi connectivity index (χ1n) is 5.43. The summed E-state index contributed by atoms with van der Waals surface area (Å²) in [5.41, 5.74) is 1.27. The second-order valence-electron chi connectivity index (χ2n) is 3.73. The second-order valence-corrected chi connectivity index (χ2v) is 4.61. The van der Waals surface area contributed by atoms with Gasteiger partial charge in [-0.15, -0.1) is 11.8 Å². The Hall–Kier alpha value is -1.94. The van der Waals surface area contributed by atoms with Crippen LogP contribution < -0.4 is 5.32 Å². The van der Waals surface area contributed by atoms with Crippen molar-refractivity contribution in [3.05, 3.63) is 54.1 Å². The molecule has 0 heterocycles. The third-order valence-electron chi connectivity index (χ3n) is 2.48. The number of thioether (sulfide) groups is 1. The van der Waals surface area contributed by atoms with Crippen molar-refractivity contribution in [2.24, 2.45) is 0 Å². The van der Waals surface area contributed by atoms with Gasteiger partial charge in [0.05, 0.1) is 0 Å². The molecule has 0 radical (unpaired) electrons. The van der Waals surface area contributed by atoms with Gasteiger partial charge in [-0.1, -0.05) is 0 Å². The van der Waals surface area contributed by atoms with Crippen LogP contribution in [0.4, 0.5) is 5.69 Å². The van der Waals surface area contributed by atoms with Gasteiger partial charge in [-0.25, -0.2) is 0 Å². The third-order valence-corrected chi connectivity index (χ3v) is 3.22. The van der Waals surface area contributed by atoms with Crippen molar-refractivity contribution in [1.82, 2.24) is 0 Å². The number of phenols is 1. The zero-order chi connectivity index (χ0) is 13.0. The van der Waals surface area contributed by atoms with Crippen LogP contribution in [-0.4, -0.2) is 17.3 Å². The summed E-state index contributed by atoms with van der Waals surface area (Å²) in [5, 5.41) is 11.9. The largest absolute Gasteiger partial charge is 0.508 e. The van der Waals surface area contributed by atoms with Crippen molar-refractivity contribution in [3.63, 3.8) is 0 Å². The Labute approximate surface area is 110 Å². The zero-order valence-corrected chi connectivity index (χ0v) is 10.7. The SMILES string of the molecule is CSc1ccc(C(=O)Nc2ccc(O)cc2)cc1. The minimum Gasteiger partial charge on any atom is -0.508 e. The molecule has 18 heavy (non-hydrogen) atoms. The molecule has 0 fully saturated rings. The van der Waals surface area contributed by atoms with Gasteiger partial charge in [-0.3, -0.25) is 4.79 Å². The Kier molecular flexibility index (Phi) is 3.89. The van der Waals surface area contributed by atoms with Crippen LogP contribution in [0.1, 0.15) is 10.4 Å². The van der Waals surface area contributed by atoms with Crippen LogP contribution >= 0.6 is 11.8 Å². The van der Waals surface area contributed by atoms with Crippen LogP contribution in [0.2, 0.25) is 0 Å². The summed E-state index contributed by atoms with van der Waals surface area (Å²) in [6.07, 6.45) is 1.99. The first-order valence-corrected chi connectivity index (χ1v) is 6.66. The molecule has 0 unspecified atom stereocenters. The number of carbonyl (C=O) groups excluding carboxylic acids is 1. The zero-order valence-electron chi connectivity index (χ0n) is 9.88. The Balaban J connectivity index is 2.09. The molecule has 2 N–H and O–H groups in total. The summed E-state index contributed by atoms with van der Waals surface area (Å²) in [5.74, 6) is 0.0191. The lowest BCUT2D eigenvalue weighted by Gasteiger charge is -2.05. The Morgan fingerprint density at radius 3 is 2.22 bits per heavy atom. The molecule has 0 spiro atoms. The molecule has 4 heteroatoms. The van der Waals surface area contributed by atoms with E-state index in [1.807, 2.05) is 18.4 Å². The molecule has 0 aliphatic heterocycles. The molecule has 2 rings (SSSR count). The van der Waals surface area contributed by atoms with Crippen LogP contribution in [-0.2, 0) is 0 Å². The van der Waals surface area contributed by atoms with Gasteiger partial charge < -0.3 is 10.4 Å². The van der Waals surface area contributed by atoms with E-state index in [1.54, 1.807) is 36.0 Å². The van der Waals surface area contributed by atoms with Crippen LogP contribution in [0, 0.1) is 0 Å². The van der Waals surface area contributed by atoms with Gasteiger partial charge in [0.1, 0.15) is 5.75 Å². The summed E-state index contributed by atoms with van der Waals surface area (Å²) >= 11 is 1.64. The highest BCUT2D eigenvalue weighted by molar-refractivity contribution is 7.98. The number of carbonyl (C=O) groups is 1. The number of amides is 1. The predicted molar refractivity (Wildman–Crippen MR) is 74.3 cm³/mol. The topological polar surface area (TPSA) is 49.3 Å². The van der Waals surface area contributed by atoms with Gasteiger partial charge in [-0.2, -0.15) is 0 Å². The molecule has 2 aromatic rings. The van der Waals surface area contributed by atoms with Gasteiger partial charge in [0.2, 0.25) is 0 Å². The number of hydrogen-bond acceptors (Lipinski definition) is 3. The maximum absolute atomic E-state index is 11.9. The van der Waals surface area contributed by atoms with Crippen LogP contribution in [0.5, 0.6) is 5.75 Å². The van der Waals surface area contributed by atoms with E-state index < -0.39 is 0 Å². The van der Waals surface area contributed by atoms with Crippen molar-refractivity contribution in [2.45, 2.75) is 4.90 Å². The quantitative estimate of drug-likeness (QED) is 0.656. The summed E-state index contributed by atoms with van der Waals surface area (Å²) in [6, 6.07) is 13.8. The number of nitrogens with one attached hydrogen (secondary N) is 1. The van der Waals surface area contributed by atoms with Gasteiger partial charge in [0, 0.05) is 16.1 Å².